The van der Waals surface area contributed by atoms with Crippen molar-refractivity contribution >= 4 is 29.0 Å². The Hall–Kier alpha value is -3.50. The molecule has 4 aliphatic heterocycles. The van der Waals surface area contributed by atoms with Crippen molar-refractivity contribution in [3.8, 4) is 0 Å². The van der Waals surface area contributed by atoms with Crippen LogP contribution in [0.1, 0.15) is 101 Å². The lowest BCUT2D eigenvalue weighted by Crippen LogP contribution is -2.63. The zero-order valence-electron chi connectivity index (χ0n) is 42.7. The van der Waals surface area contributed by atoms with Gasteiger partial charge in [-0.15, -0.1) is 0 Å². The van der Waals surface area contributed by atoms with Gasteiger partial charge in [-0.05, 0) is 100 Å². The van der Waals surface area contributed by atoms with Crippen LogP contribution in [0, 0.1) is 17.8 Å². The van der Waals surface area contributed by atoms with Crippen LogP contribution in [-0.4, -0.2) is 173 Å². The molecule has 1 aromatic heterocycles. The molecule has 0 saturated carbocycles. The molecule has 5 heterocycles. The van der Waals surface area contributed by atoms with Crippen molar-refractivity contribution in [3.63, 3.8) is 0 Å². The number of aryl methyl sites for hydroxylation is 1. The fraction of sp³-hybridized carbons (Fsp3) is 0.796. The van der Waals surface area contributed by atoms with Gasteiger partial charge in [-0.25, -0.2) is 20.2 Å². The average Bonchev–Trinajstić information content (AvgIpc) is 3.83. The summed E-state index contributed by atoms with van der Waals surface area (Å²) in [4.78, 5) is 50.0. The highest BCUT2D eigenvalue weighted by Crippen LogP contribution is 2.42. The summed E-state index contributed by atoms with van der Waals surface area (Å²) in [6, 6.07) is 6.01. The molecule has 4 fully saturated rings. The van der Waals surface area contributed by atoms with Crippen LogP contribution >= 0.6 is 0 Å². The van der Waals surface area contributed by atoms with Crippen LogP contribution in [0.15, 0.2) is 30.6 Å². The first kappa shape index (κ1) is 53.8. The Morgan fingerprint density at radius 3 is 2.31 bits per heavy atom. The summed E-state index contributed by atoms with van der Waals surface area (Å²) in [5.74, 6) is -3.44. The Morgan fingerprint density at radius 1 is 0.956 bits per heavy atom. The third-order valence-corrected chi connectivity index (χ3v) is 15.3. The zero-order valence-corrected chi connectivity index (χ0v) is 42.7. The molecule has 1 unspecified atom stereocenters. The van der Waals surface area contributed by atoms with Gasteiger partial charge in [-0.3, -0.25) is 9.59 Å². The van der Waals surface area contributed by atoms with E-state index in [2.05, 4.69) is 20.3 Å². The maximum absolute atomic E-state index is 15.0. The molecule has 18 atom stereocenters. The van der Waals surface area contributed by atoms with Gasteiger partial charge in [-0.1, -0.05) is 32.9 Å². The predicted octanol–water partition coefficient (Wildman–Crippen LogP) is 4.15. The molecular formula is C49H80N6O13. The van der Waals surface area contributed by atoms with E-state index in [9.17, 15) is 24.6 Å². The number of nitrogens with zero attached hydrogens (tertiary/aromatic N) is 4. The summed E-state index contributed by atoms with van der Waals surface area (Å²) >= 11 is 0. The Kier molecular flexibility index (Phi) is 17.3. The minimum Gasteiger partial charge on any atom is -0.458 e. The maximum Gasteiger partial charge on any atom is 0.425 e. The van der Waals surface area contributed by atoms with Crippen LogP contribution in [-0.2, 0) is 54.0 Å². The molecule has 2 amide bonds. The number of hydrazine groups is 1. The monoisotopic (exact) mass is 961 g/mol. The van der Waals surface area contributed by atoms with Gasteiger partial charge in [0.15, 0.2) is 18.2 Å². The highest BCUT2D eigenvalue weighted by Gasteiger charge is 2.60. The summed E-state index contributed by atoms with van der Waals surface area (Å²) in [6.07, 6.45) is -5.35. The first-order valence-electron chi connectivity index (χ1n) is 24.4. The van der Waals surface area contributed by atoms with Gasteiger partial charge in [0.25, 0.3) is 0 Å². The normalized spacial score (nSPS) is 41.2. The third kappa shape index (κ3) is 11.0. The molecule has 2 aromatic rings. The molecule has 4 N–H and O–H groups in total. The Labute approximate surface area is 402 Å². The van der Waals surface area contributed by atoms with Gasteiger partial charge < -0.3 is 62.9 Å². The molecule has 4 aliphatic rings. The molecule has 0 spiro atoms. The molecule has 19 heteroatoms. The van der Waals surface area contributed by atoms with Gasteiger partial charge in [-0.2, -0.15) is 0 Å². The van der Waals surface area contributed by atoms with E-state index < -0.39 is 108 Å². The molecule has 384 valence electrons. The number of esters is 1. The lowest BCUT2D eigenvalue weighted by atomic mass is 9.77. The number of para-hydroxylation sites is 2. The van der Waals surface area contributed by atoms with Crippen molar-refractivity contribution in [1.29, 1.82) is 0 Å². The van der Waals surface area contributed by atoms with E-state index >= 15 is 0 Å². The summed E-state index contributed by atoms with van der Waals surface area (Å²) in [7, 11) is 6.84. The first-order chi connectivity index (χ1) is 32.0. The number of carbonyl (C=O) groups is 3. The van der Waals surface area contributed by atoms with Crippen LogP contribution in [0.25, 0.3) is 11.0 Å². The van der Waals surface area contributed by atoms with Gasteiger partial charge in [0, 0.05) is 51.6 Å². The number of ether oxygens (including phenoxy) is 8. The van der Waals surface area contributed by atoms with E-state index in [4.69, 9.17) is 37.9 Å². The number of hydrogen-bond donors (Lipinski definition) is 4. The van der Waals surface area contributed by atoms with Gasteiger partial charge in [0.1, 0.15) is 24.4 Å². The number of benzene rings is 1. The van der Waals surface area contributed by atoms with E-state index in [-0.39, 0.29) is 37.3 Å². The molecule has 0 aliphatic carbocycles. The number of imidazole rings is 1. The molecule has 0 bridgehead atoms. The number of carbonyl (C=O) groups excluding carboxylic acids is 3. The largest absolute Gasteiger partial charge is 0.458 e. The van der Waals surface area contributed by atoms with Crippen LogP contribution < -0.4 is 10.7 Å². The number of fused-ring (bicyclic) bond motifs is 2. The highest BCUT2D eigenvalue weighted by atomic mass is 16.7. The molecule has 6 rings (SSSR count). The standard InChI is InChI=1S/C49H80N6O13/c1-15-36-49(10)40(55(46(60)68-49)51-21-18-22-54-26-50-33-19-16-17-20-34(33)54)31(6)52-43(58)27(2)24-48(9,62-14)42(67-45-38(56)35(53(11)12)23-28(3)63-45)29(4)39(30(5)44(59)65-36)66-37-25-47(8,61-13)41(57)32(7)64-37/h16-17,19-20,26-32,35-42,45,51,56-57H,15,18,21-25H2,1-14H3,(H,52,58)/t27-,28-,29+,30-,31?,32+,35+,36+,37+,38-,39+,40-,41+,42+,45+,47-,48+,49-/m1/s1. The Balaban J connectivity index is 1.38. The second kappa shape index (κ2) is 21.9. The summed E-state index contributed by atoms with van der Waals surface area (Å²) in [6.45, 7) is 19.0. The SMILES string of the molecule is CC[C@@H]1OC(=O)[C@H](C)[C@@H](O[C@H]2C[C@@](C)(OC)[C@@H](O)[C@H](C)O2)[C@H](C)[C@H](O[C@@H]2O[C@H](C)C[C@H](N(C)C)[C@H]2O)[C@@](C)(OC)C[C@@H](C)C(=O)NC(C)[C@H]2N(NCCCn3cnc4ccccc43)C(=O)O[C@]12C. The Bertz CT molecular complexity index is 2030. The number of aliphatic hydroxyl groups is 2. The lowest BCUT2D eigenvalue weighted by Gasteiger charge is -2.49. The van der Waals surface area contributed by atoms with Crippen molar-refractivity contribution in [1.82, 2.24) is 30.2 Å². The van der Waals surface area contributed by atoms with E-state index in [1.165, 1.54) is 19.2 Å². The number of aromatic nitrogens is 2. The molecule has 0 radical (unpaired) electrons. The fourth-order valence-electron chi connectivity index (χ4n) is 11.2. The summed E-state index contributed by atoms with van der Waals surface area (Å²) in [5.41, 5.74) is 1.40. The quantitative estimate of drug-likeness (QED) is 0.164. The molecule has 1 aromatic carbocycles. The third-order valence-electron chi connectivity index (χ3n) is 15.3. The lowest BCUT2D eigenvalue weighted by molar-refractivity contribution is -0.319. The number of likely N-dealkylation sites (N-methyl/N-ethyl adjacent to an activating group) is 1. The smallest absolute Gasteiger partial charge is 0.425 e. The number of rotatable bonds is 13. The average molecular weight is 961 g/mol. The van der Waals surface area contributed by atoms with Crippen molar-refractivity contribution in [2.45, 2.75) is 198 Å². The van der Waals surface area contributed by atoms with Crippen LogP contribution in [0.2, 0.25) is 0 Å². The number of cyclic esters (lactones) is 1. The van der Waals surface area contributed by atoms with E-state index in [0.717, 1.165) is 11.0 Å². The van der Waals surface area contributed by atoms with E-state index in [0.29, 0.717) is 25.9 Å². The molecule has 68 heavy (non-hydrogen) atoms. The van der Waals surface area contributed by atoms with Crippen LogP contribution in [0.5, 0.6) is 0 Å². The minimum atomic E-state index is -1.45. The Morgan fingerprint density at radius 2 is 1.65 bits per heavy atom. The number of hydrogen-bond acceptors (Lipinski definition) is 16. The summed E-state index contributed by atoms with van der Waals surface area (Å²) in [5, 5.41) is 27.5. The second-order valence-electron chi connectivity index (χ2n) is 20.6. The first-order valence-corrected chi connectivity index (χ1v) is 24.4. The maximum atomic E-state index is 15.0. The highest BCUT2D eigenvalue weighted by molar-refractivity contribution is 5.79. The van der Waals surface area contributed by atoms with Crippen molar-refractivity contribution in [2.24, 2.45) is 17.8 Å². The summed E-state index contributed by atoms with van der Waals surface area (Å²) < 4.78 is 53.6. The molecule has 19 nitrogen and oxygen atoms in total. The van der Waals surface area contributed by atoms with Crippen molar-refractivity contribution in [2.75, 3.05) is 34.9 Å². The zero-order chi connectivity index (χ0) is 50.0. The molecule has 4 saturated heterocycles. The van der Waals surface area contributed by atoms with Gasteiger partial charge in [0.2, 0.25) is 5.91 Å². The van der Waals surface area contributed by atoms with Crippen LogP contribution in [0.4, 0.5) is 4.79 Å². The van der Waals surface area contributed by atoms with Crippen molar-refractivity contribution < 1.29 is 62.5 Å². The van der Waals surface area contributed by atoms with Crippen molar-refractivity contribution in [3.05, 3.63) is 30.6 Å². The van der Waals surface area contributed by atoms with Gasteiger partial charge >= 0.3 is 12.1 Å². The topological polar surface area (TPSA) is 214 Å². The number of nitrogens with one attached hydrogen (secondary N) is 2. The van der Waals surface area contributed by atoms with E-state index in [1.54, 1.807) is 40.9 Å². The predicted molar refractivity (Wildman–Crippen MR) is 251 cm³/mol. The number of aliphatic hydroxyl groups excluding tert-OH is 2. The molecular weight excluding hydrogens is 881 g/mol. The second-order valence-corrected chi connectivity index (χ2v) is 20.6. The number of amides is 2. The number of methoxy groups -OCH3 is 2. The minimum absolute atomic E-state index is 0.114. The van der Waals surface area contributed by atoms with Crippen LogP contribution in [0.3, 0.4) is 0 Å². The van der Waals surface area contributed by atoms with Gasteiger partial charge in [0.05, 0.1) is 64.9 Å². The van der Waals surface area contributed by atoms with E-state index in [1.807, 2.05) is 77.9 Å². The fourth-order valence-corrected chi connectivity index (χ4v) is 11.2.